The minimum Gasteiger partial charge on any atom is -0.361 e. The molecule has 3 heterocycles. The Bertz CT molecular complexity index is 959. The number of carbonyl (C=O) groups excluding carboxylic acids is 2. The molecule has 3 N–H and O–H groups in total. The van der Waals surface area contributed by atoms with Gasteiger partial charge in [0.05, 0.1) is 5.92 Å². The summed E-state index contributed by atoms with van der Waals surface area (Å²) in [5, 5.41) is 10.8. The standard InChI is InChI=1S/C18H20N6O2/c1-24-10-12(8-16(24)25)17(26)21-18-20-15(22-23-18)7-6-11-9-19-14-5-3-2-4-13(11)14/h2-5,9,12,19H,6-8,10H2,1H3,(H2,20,21,22,23,26)/t12-/m0/s1. The third-order valence-electron chi connectivity index (χ3n) is 4.78. The molecule has 0 aliphatic carbocycles. The smallest absolute Gasteiger partial charge is 0.248 e. The molecule has 1 aromatic carbocycles. The van der Waals surface area contributed by atoms with Crippen molar-refractivity contribution < 1.29 is 9.59 Å². The Kier molecular flexibility index (Phi) is 4.16. The summed E-state index contributed by atoms with van der Waals surface area (Å²) in [5.41, 5.74) is 2.33. The van der Waals surface area contributed by atoms with Gasteiger partial charge in [0.1, 0.15) is 5.82 Å². The number of aryl methyl sites for hydroxylation is 2. The number of para-hydroxylation sites is 1. The fraction of sp³-hybridized carbons (Fsp3) is 0.333. The molecule has 0 spiro atoms. The molecule has 134 valence electrons. The maximum absolute atomic E-state index is 12.2. The van der Waals surface area contributed by atoms with Gasteiger partial charge in [-0.15, -0.1) is 5.10 Å². The van der Waals surface area contributed by atoms with Crippen LogP contribution in [0.3, 0.4) is 0 Å². The average Bonchev–Trinajstić information content (AvgIpc) is 3.33. The third kappa shape index (κ3) is 3.17. The van der Waals surface area contributed by atoms with Gasteiger partial charge in [0, 0.05) is 43.5 Å². The van der Waals surface area contributed by atoms with Crippen LogP contribution in [0.25, 0.3) is 10.9 Å². The Labute approximate surface area is 150 Å². The van der Waals surface area contributed by atoms with Crippen molar-refractivity contribution in [2.75, 3.05) is 18.9 Å². The second kappa shape index (κ2) is 6.62. The van der Waals surface area contributed by atoms with Gasteiger partial charge in [0.2, 0.25) is 17.8 Å². The number of nitrogens with one attached hydrogen (secondary N) is 3. The van der Waals surface area contributed by atoms with Gasteiger partial charge in [-0.3, -0.25) is 20.0 Å². The number of nitrogens with zero attached hydrogens (tertiary/aromatic N) is 3. The second-order valence-electron chi connectivity index (χ2n) is 6.63. The molecule has 1 atom stereocenters. The summed E-state index contributed by atoms with van der Waals surface area (Å²) in [6, 6.07) is 8.16. The Morgan fingerprint density at radius 2 is 2.19 bits per heavy atom. The largest absolute Gasteiger partial charge is 0.361 e. The minimum atomic E-state index is -0.347. The van der Waals surface area contributed by atoms with Gasteiger partial charge in [-0.2, -0.15) is 4.98 Å². The van der Waals surface area contributed by atoms with Crippen molar-refractivity contribution >= 4 is 28.7 Å². The Morgan fingerprint density at radius 1 is 1.35 bits per heavy atom. The molecule has 0 saturated carbocycles. The molecule has 1 aliphatic heterocycles. The van der Waals surface area contributed by atoms with Crippen molar-refractivity contribution in [1.82, 2.24) is 25.1 Å². The van der Waals surface area contributed by atoms with Crippen LogP contribution in [0.1, 0.15) is 17.8 Å². The van der Waals surface area contributed by atoms with Crippen molar-refractivity contribution in [3.8, 4) is 0 Å². The minimum absolute atomic E-state index is 0.0143. The highest BCUT2D eigenvalue weighted by Crippen LogP contribution is 2.20. The Balaban J connectivity index is 1.36. The first-order valence-corrected chi connectivity index (χ1v) is 8.61. The van der Waals surface area contributed by atoms with Crippen LogP contribution in [0.15, 0.2) is 30.5 Å². The highest BCUT2D eigenvalue weighted by Gasteiger charge is 2.32. The van der Waals surface area contributed by atoms with Crippen molar-refractivity contribution in [3.05, 3.63) is 41.9 Å². The highest BCUT2D eigenvalue weighted by molar-refractivity contribution is 5.96. The van der Waals surface area contributed by atoms with E-state index >= 15 is 0 Å². The maximum atomic E-state index is 12.2. The molecule has 4 rings (SSSR count). The lowest BCUT2D eigenvalue weighted by Gasteiger charge is -2.08. The van der Waals surface area contributed by atoms with Crippen molar-refractivity contribution in [3.63, 3.8) is 0 Å². The van der Waals surface area contributed by atoms with Crippen LogP contribution in [0.5, 0.6) is 0 Å². The lowest BCUT2D eigenvalue weighted by Crippen LogP contribution is -2.26. The fourth-order valence-corrected chi connectivity index (χ4v) is 3.31. The number of hydrogen-bond acceptors (Lipinski definition) is 4. The zero-order valence-corrected chi connectivity index (χ0v) is 14.5. The summed E-state index contributed by atoms with van der Waals surface area (Å²) in [6.07, 6.45) is 3.75. The van der Waals surface area contributed by atoms with E-state index in [1.165, 1.54) is 10.9 Å². The number of amides is 2. The number of likely N-dealkylation sites (tertiary alicyclic amines) is 1. The summed E-state index contributed by atoms with van der Waals surface area (Å²) in [7, 11) is 1.70. The van der Waals surface area contributed by atoms with Gasteiger partial charge in [-0.05, 0) is 18.1 Å². The number of rotatable bonds is 5. The number of aromatic amines is 2. The first-order valence-electron chi connectivity index (χ1n) is 8.61. The number of anilines is 1. The molecule has 0 bridgehead atoms. The van der Waals surface area contributed by atoms with Gasteiger partial charge >= 0.3 is 0 Å². The molecule has 8 nitrogen and oxygen atoms in total. The predicted molar refractivity (Wildman–Crippen MR) is 96.5 cm³/mol. The van der Waals surface area contributed by atoms with Gasteiger partial charge in [-0.1, -0.05) is 18.2 Å². The SMILES string of the molecule is CN1C[C@@H](C(=O)Nc2n[nH]c(CCc3c[nH]c4ccccc34)n2)CC1=O. The lowest BCUT2D eigenvalue weighted by molar-refractivity contribution is -0.127. The van der Waals surface area contributed by atoms with Crippen LogP contribution in [-0.2, 0) is 22.4 Å². The van der Waals surface area contributed by atoms with E-state index in [4.69, 9.17) is 0 Å². The molecule has 1 aliphatic rings. The van der Waals surface area contributed by atoms with Crippen LogP contribution >= 0.6 is 0 Å². The molecular formula is C18H20N6O2. The molecule has 8 heteroatoms. The summed E-state index contributed by atoms with van der Waals surface area (Å²) < 4.78 is 0. The van der Waals surface area contributed by atoms with Crippen LogP contribution in [0, 0.1) is 5.92 Å². The number of hydrogen-bond donors (Lipinski definition) is 3. The first-order chi connectivity index (χ1) is 12.6. The lowest BCUT2D eigenvalue weighted by atomic mass is 10.1. The van der Waals surface area contributed by atoms with E-state index in [2.05, 4.69) is 31.5 Å². The topological polar surface area (TPSA) is 107 Å². The molecule has 2 amide bonds. The van der Waals surface area contributed by atoms with Crippen LogP contribution in [0.4, 0.5) is 5.95 Å². The van der Waals surface area contributed by atoms with Crippen molar-refractivity contribution in [2.24, 2.45) is 5.92 Å². The van der Waals surface area contributed by atoms with Crippen molar-refractivity contribution in [2.45, 2.75) is 19.3 Å². The first kappa shape index (κ1) is 16.3. The van der Waals surface area contributed by atoms with E-state index in [9.17, 15) is 9.59 Å². The van der Waals surface area contributed by atoms with E-state index in [1.54, 1.807) is 11.9 Å². The monoisotopic (exact) mass is 352 g/mol. The molecule has 0 unspecified atom stereocenters. The van der Waals surface area contributed by atoms with Crippen LogP contribution in [0.2, 0.25) is 0 Å². The summed E-state index contributed by atoms with van der Waals surface area (Å²) in [4.78, 5) is 32.9. The molecule has 1 fully saturated rings. The quantitative estimate of drug-likeness (QED) is 0.646. The van der Waals surface area contributed by atoms with Gasteiger partial charge in [0.25, 0.3) is 0 Å². The van der Waals surface area contributed by atoms with E-state index in [0.717, 1.165) is 11.9 Å². The number of aromatic nitrogens is 4. The summed E-state index contributed by atoms with van der Waals surface area (Å²) in [6.45, 7) is 0.433. The van der Waals surface area contributed by atoms with Crippen LogP contribution < -0.4 is 5.32 Å². The summed E-state index contributed by atoms with van der Waals surface area (Å²) >= 11 is 0. The Hall–Kier alpha value is -3.16. The van der Waals surface area contributed by atoms with Crippen molar-refractivity contribution in [1.29, 1.82) is 0 Å². The highest BCUT2D eigenvalue weighted by atomic mass is 16.2. The van der Waals surface area contributed by atoms with E-state index in [0.29, 0.717) is 18.8 Å². The third-order valence-corrected chi connectivity index (χ3v) is 4.78. The number of carbonyl (C=O) groups is 2. The number of fused-ring (bicyclic) bond motifs is 1. The van der Waals surface area contributed by atoms with E-state index < -0.39 is 0 Å². The molecule has 3 aromatic rings. The molecule has 26 heavy (non-hydrogen) atoms. The predicted octanol–water partition coefficient (Wildman–Crippen LogP) is 1.49. The Morgan fingerprint density at radius 3 is 3.00 bits per heavy atom. The van der Waals surface area contributed by atoms with Crippen LogP contribution in [-0.4, -0.2) is 50.5 Å². The zero-order chi connectivity index (χ0) is 18.1. The van der Waals surface area contributed by atoms with Gasteiger partial charge in [0.15, 0.2) is 0 Å². The zero-order valence-electron chi connectivity index (χ0n) is 14.5. The number of benzene rings is 1. The normalized spacial score (nSPS) is 17.2. The summed E-state index contributed by atoms with van der Waals surface area (Å²) in [5.74, 6) is 0.390. The maximum Gasteiger partial charge on any atom is 0.248 e. The molecule has 2 aromatic heterocycles. The van der Waals surface area contributed by atoms with E-state index in [-0.39, 0.29) is 30.1 Å². The van der Waals surface area contributed by atoms with Gasteiger partial charge < -0.3 is 9.88 Å². The second-order valence-corrected chi connectivity index (χ2v) is 6.63. The molecular weight excluding hydrogens is 332 g/mol. The number of H-pyrrole nitrogens is 2. The fourth-order valence-electron chi connectivity index (χ4n) is 3.31. The molecule has 0 radical (unpaired) electrons. The van der Waals surface area contributed by atoms with E-state index in [1.807, 2.05) is 24.4 Å². The average molecular weight is 352 g/mol. The molecule has 1 saturated heterocycles. The van der Waals surface area contributed by atoms with Gasteiger partial charge in [-0.25, -0.2) is 0 Å².